The molecule has 0 spiro atoms. The van der Waals surface area contributed by atoms with Crippen molar-refractivity contribution in [3.63, 3.8) is 0 Å². The van der Waals surface area contributed by atoms with E-state index in [2.05, 4.69) is 50.8 Å². The van der Waals surface area contributed by atoms with Gasteiger partial charge in [-0.15, -0.1) is 17.5 Å². The number of rotatable bonds is 4. The van der Waals surface area contributed by atoms with E-state index in [1.165, 1.54) is 5.56 Å². The van der Waals surface area contributed by atoms with Crippen LogP contribution in [0.15, 0.2) is 36.7 Å². The van der Waals surface area contributed by atoms with E-state index in [-0.39, 0.29) is 18.4 Å². The Hall–Kier alpha value is -2.84. The van der Waals surface area contributed by atoms with Gasteiger partial charge >= 0.3 is 0 Å². The number of hydrogen-bond donors (Lipinski definition) is 2. The highest BCUT2D eigenvalue weighted by Gasteiger charge is 2.16. The third-order valence-corrected chi connectivity index (χ3v) is 5.51. The lowest BCUT2D eigenvalue weighted by atomic mass is 9.91. The van der Waals surface area contributed by atoms with Gasteiger partial charge in [-0.1, -0.05) is 11.3 Å². The fourth-order valence-corrected chi connectivity index (χ4v) is 3.93. The molecule has 4 heterocycles. The van der Waals surface area contributed by atoms with Crippen LogP contribution in [-0.2, 0) is 0 Å². The third kappa shape index (κ3) is 3.80. The molecule has 0 unspecified atom stereocenters. The first-order valence-electron chi connectivity index (χ1n) is 10.1. The van der Waals surface area contributed by atoms with Crippen molar-refractivity contribution in [1.82, 2.24) is 35.3 Å². The Morgan fingerprint density at radius 1 is 1.07 bits per heavy atom. The van der Waals surface area contributed by atoms with Gasteiger partial charge in [0, 0.05) is 23.8 Å². The van der Waals surface area contributed by atoms with Crippen molar-refractivity contribution in [2.75, 3.05) is 18.4 Å². The van der Waals surface area contributed by atoms with Crippen LogP contribution in [0.1, 0.15) is 44.2 Å². The highest BCUT2D eigenvalue weighted by Crippen LogP contribution is 2.27. The van der Waals surface area contributed by atoms with Gasteiger partial charge in [0.1, 0.15) is 22.4 Å². The molecule has 1 fully saturated rings. The zero-order valence-electron chi connectivity index (χ0n) is 17.0. The summed E-state index contributed by atoms with van der Waals surface area (Å²) in [6, 6.07) is 8.29. The van der Waals surface area contributed by atoms with Crippen LogP contribution >= 0.6 is 12.4 Å². The molecule has 1 saturated heterocycles. The summed E-state index contributed by atoms with van der Waals surface area (Å²) in [6.45, 7) is 6.32. The quantitative estimate of drug-likeness (QED) is 0.511. The minimum atomic E-state index is 0. The van der Waals surface area contributed by atoms with Crippen LogP contribution in [0.5, 0.6) is 0 Å². The lowest BCUT2D eigenvalue weighted by Crippen LogP contribution is -2.26. The fraction of sp³-hybridized carbons (Fsp3) is 0.381. The van der Waals surface area contributed by atoms with E-state index in [0.717, 1.165) is 53.7 Å². The van der Waals surface area contributed by atoms with Crippen molar-refractivity contribution in [3.05, 3.63) is 42.2 Å². The Morgan fingerprint density at radius 2 is 1.90 bits per heavy atom. The Labute approximate surface area is 180 Å². The molecule has 156 valence electrons. The van der Waals surface area contributed by atoms with E-state index in [0.29, 0.717) is 11.9 Å². The molecule has 0 radical (unpaired) electrons. The molecule has 30 heavy (non-hydrogen) atoms. The van der Waals surface area contributed by atoms with Crippen LogP contribution in [0.4, 0.5) is 11.8 Å². The molecule has 1 aromatic carbocycles. The average Bonchev–Trinajstić information content (AvgIpc) is 3.20. The highest BCUT2D eigenvalue weighted by molar-refractivity contribution is 6.01. The third-order valence-electron chi connectivity index (χ3n) is 5.51. The standard InChI is InChI=1S/C21H24N8.ClH/c1-13(2)29-20-17(27-28-29)5-3-16-12-24-21(26-19(16)20)25-18-6-4-15(11-23-18)14-7-9-22-10-8-14;/h3-6,11-14,22H,7-10H2,1-2H3,(H,23,24,25,26);1H. The molecular weight excluding hydrogens is 400 g/mol. The Bertz CT molecular complexity index is 1150. The molecular formula is C21H25ClN8. The van der Waals surface area contributed by atoms with E-state index in [1.807, 2.05) is 35.3 Å². The van der Waals surface area contributed by atoms with Gasteiger partial charge in [0.05, 0.1) is 0 Å². The predicted octanol–water partition coefficient (Wildman–Crippen LogP) is 3.98. The van der Waals surface area contributed by atoms with Crippen LogP contribution in [0.3, 0.4) is 0 Å². The summed E-state index contributed by atoms with van der Waals surface area (Å²) in [5.74, 6) is 1.85. The zero-order valence-corrected chi connectivity index (χ0v) is 17.9. The number of piperidine rings is 1. The summed E-state index contributed by atoms with van der Waals surface area (Å²) in [6.07, 6.45) is 6.12. The first-order chi connectivity index (χ1) is 14.2. The second-order valence-electron chi connectivity index (χ2n) is 7.82. The second-order valence-corrected chi connectivity index (χ2v) is 7.82. The number of hydrogen-bond acceptors (Lipinski definition) is 7. The van der Waals surface area contributed by atoms with E-state index in [4.69, 9.17) is 4.98 Å². The van der Waals surface area contributed by atoms with E-state index < -0.39 is 0 Å². The Balaban J connectivity index is 0.00000218. The topological polar surface area (TPSA) is 93.4 Å². The van der Waals surface area contributed by atoms with Gasteiger partial charge in [-0.2, -0.15) is 0 Å². The summed E-state index contributed by atoms with van der Waals surface area (Å²) in [5.41, 5.74) is 3.90. The molecule has 9 heteroatoms. The van der Waals surface area contributed by atoms with E-state index in [9.17, 15) is 0 Å². The van der Waals surface area contributed by atoms with Crippen molar-refractivity contribution in [3.8, 4) is 0 Å². The van der Waals surface area contributed by atoms with Crippen LogP contribution in [0.2, 0.25) is 0 Å². The smallest absolute Gasteiger partial charge is 0.228 e. The molecule has 0 saturated carbocycles. The van der Waals surface area contributed by atoms with Crippen molar-refractivity contribution < 1.29 is 0 Å². The van der Waals surface area contributed by atoms with Crippen molar-refractivity contribution in [2.45, 2.75) is 38.6 Å². The van der Waals surface area contributed by atoms with Crippen molar-refractivity contribution in [2.24, 2.45) is 0 Å². The molecule has 4 aromatic rings. The number of fused-ring (bicyclic) bond motifs is 3. The minimum absolute atomic E-state index is 0. The molecule has 0 aliphatic carbocycles. The van der Waals surface area contributed by atoms with Gasteiger partial charge in [-0.3, -0.25) is 0 Å². The fourth-order valence-electron chi connectivity index (χ4n) is 3.93. The van der Waals surface area contributed by atoms with E-state index in [1.54, 1.807) is 0 Å². The monoisotopic (exact) mass is 424 g/mol. The molecule has 3 aromatic heterocycles. The van der Waals surface area contributed by atoms with Gasteiger partial charge < -0.3 is 10.6 Å². The average molecular weight is 425 g/mol. The molecule has 8 nitrogen and oxygen atoms in total. The predicted molar refractivity (Wildman–Crippen MR) is 121 cm³/mol. The molecule has 5 rings (SSSR count). The van der Waals surface area contributed by atoms with Gasteiger partial charge in [-0.05, 0) is 69.5 Å². The summed E-state index contributed by atoms with van der Waals surface area (Å²) in [7, 11) is 0. The van der Waals surface area contributed by atoms with Crippen molar-refractivity contribution in [1.29, 1.82) is 0 Å². The second kappa shape index (κ2) is 8.49. The first-order valence-corrected chi connectivity index (χ1v) is 10.1. The van der Waals surface area contributed by atoms with Crippen molar-refractivity contribution >= 4 is 46.1 Å². The first kappa shape index (κ1) is 20.4. The SMILES string of the molecule is CC(C)n1nnc2ccc3cnc(Nc4ccc(C5CCNCC5)cn4)nc3c21.Cl. The lowest BCUT2D eigenvalue weighted by Gasteiger charge is -2.22. The van der Waals surface area contributed by atoms with E-state index >= 15 is 0 Å². The summed E-state index contributed by atoms with van der Waals surface area (Å²) >= 11 is 0. The number of pyridine rings is 1. The molecule has 2 N–H and O–H groups in total. The van der Waals surface area contributed by atoms with Gasteiger partial charge in [0.2, 0.25) is 5.95 Å². The van der Waals surface area contributed by atoms with Gasteiger partial charge in [0.25, 0.3) is 0 Å². The zero-order chi connectivity index (χ0) is 19.8. The molecule has 0 atom stereocenters. The summed E-state index contributed by atoms with van der Waals surface area (Å²) in [5, 5.41) is 16.2. The number of halogens is 1. The lowest BCUT2D eigenvalue weighted by molar-refractivity contribution is 0.459. The normalized spacial score (nSPS) is 14.9. The minimum Gasteiger partial charge on any atom is -0.317 e. The van der Waals surface area contributed by atoms with Crippen LogP contribution in [-0.4, -0.2) is 43.0 Å². The maximum Gasteiger partial charge on any atom is 0.228 e. The molecule has 0 bridgehead atoms. The summed E-state index contributed by atoms with van der Waals surface area (Å²) in [4.78, 5) is 13.8. The Morgan fingerprint density at radius 3 is 2.63 bits per heavy atom. The largest absolute Gasteiger partial charge is 0.317 e. The maximum atomic E-state index is 4.75. The van der Waals surface area contributed by atoms with Crippen LogP contribution < -0.4 is 10.6 Å². The highest BCUT2D eigenvalue weighted by atomic mass is 35.5. The Kier molecular flexibility index (Phi) is 5.78. The molecule has 0 amide bonds. The number of nitrogens with zero attached hydrogens (tertiary/aromatic N) is 6. The molecule has 1 aliphatic heterocycles. The summed E-state index contributed by atoms with van der Waals surface area (Å²) < 4.78 is 1.90. The number of nitrogens with one attached hydrogen (secondary N) is 2. The maximum absolute atomic E-state index is 4.75. The number of aromatic nitrogens is 6. The number of benzene rings is 1. The van der Waals surface area contributed by atoms with Gasteiger partial charge in [-0.25, -0.2) is 19.6 Å². The van der Waals surface area contributed by atoms with Crippen LogP contribution in [0, 0.1) is 0 Å². The number of anilines is 2. The van der Waals surface area contributed by atoms with Gasteiger partial charge in [0.15, 0.2) is 0 Å². The molecule has 1 aliphatic rings. The van der Waals surface area contributed by atoms with Crippen LogP contribution in [0.25, 0.3) is 21.9 Å².